The fraction of sp³-hybridized carbons (Fsp3) is 0.400. The van der Waals surface area contributed by atoms with Crippen LogP contribution in [0.2, 0.25) is 0 Å². The molecule has 0 N–H and O–H groups in total. The molecule has 1 aromatic heterocycles. The first-order chi connectivity index (χ1) is 10.6. The molecule has 0 spiro atoms. The quantitative estimate of drug-likeness (QED) is 0.612. The van der Waals surface area contributed by atoms with E-state index in [9.17, 15) is 10.1 Å². The zero-order valence-corrected chi connectivity index (χ0v) is 13.7. The molecule has 0 radical (unpaired) electrons. The van der Waals surface area contributed by atoms with Gasteiger partial charge in [0.05, 0.1) is 28.8 Å². The average molecular weight is 366 g/mol. The number of hydrogen-bond acceptors (Lipinski definition) is 4. The highest BCUT2D eigenvalue weighted by Gasteiger charge is 2.28. The summed E-state index contributed by atoms with van der Waals surface area (Å²) in [6.07, 6.45) is 2.56. The van der Waals surface area contributed by atoms with Crippen LogP contribution in [0.15, 0.2) is 34.9 Å². The molecule has 3 rings (SSSR count). The van der Waals surface area contributed by atoms with E-state index >= 15 is 0 Å². The Bertz CT molecular complexity index is 701. The highest BCUT2D eigenvalue weighted by atomic mass is 79.9. The molecule has 0 amide bonds. The van der Waals surface area contributed by atoms with Gasteiger partial charge in [0, 0.05) is 29.3 Å². The van der Waals surface area contributed by atoms with E-state index in [0.717, 1.165) is 12.1 Å². The SMILES string of the molecule is CC1COCCC1n1nccc1-c1ccc(Br)cc1[N+](=O)[O-]. The van der Waals surface area contributed by atoms with E-state index < -0.39 is 0 Å². The second-order valence-electron chi connectivity index (χ2n) is 5.49. The van der Waals surface area contributed by atoms with Gasteiger partial charge in [0.1, 0.15) is 0 Å². The van der Waals surface area contributed by atoms with Gasteiger partial charge in [-0.1, -0.05) is 22.9 Å². The molecule has 2 atom stereocenters. The van der Waals surface area contributed by atoms with Crippen LogP contribution in [-0.2, 0) is 4.74 Å². The molecular formula is C15H16BrN3O3. The maximum atomic E-state index is 11.4. The molecule has 2 aromatic rings. The Morgan fingerprint density at radius 1 is 1.45 bits per heavy atom. The standard InChI is InChI=1S/C15H16BrN3O3/c1-10-9-22-7-5-13(10)18-14(4-6-17-18)12-3-2-11(16)8-15(12)19(20)21/h2-4,6,8,10,13H,5,7,9H2,1H3. The zero-order chi connectivity index (χ0) is 15.7. The summed E-state index contributed by atoms with van der Waals surface area (Å²) in [6.45, 7) is 3.49. The molecule has 2 unspecified atom stereocenters. The normalized spacial score (nSPS) is 21.7. The van der Waals surface area contributed by atoms with E-state index in [1.54, 1.807) is 12.3 Å². The molecule has 6 nitrogen and oxygen atoms in total. The molecule has 0 aliphatic carbocycles. The van der Waals surface area contributed by atoms with Gasteiger partial charge >= 0.3 is 0 Å². The molecule has 1 saturated heterocycles. The third kappa shape index (κ3) is 2.78. The van der Waals surface area contributed by atoms with Gasteiger partial charge in [0.2, 0.25) is 0 Å². The largest absolute Gasteiger partial charge is 0.381 e. The molecular weight excluding hydrogens is 350 g/mol. The summed E-state index contributed by atoms with van der Waals surface area (Å²) in [7, 11) is 0. The molecule has 1 aliphatic rings. The highest BCUT2D eigenvalue weighted by Crippen LogP contribution is 2.36. The second kappa shape index (κ2) is 6.18. The van der Waals surface area contributed by atoms with Crippen molar-refractivity contribution in [3.8, 4) is 11.3 Å². The monoisotopic (exact) mass is 365 g/mol. The van der Waals surface area contributed by atoms with Crippen molar-refractivity contribution in [1.82, 2.24) is 9.78 Å². The van der Waals surface area contributed by atoms with Crippen LogP contribution in [0.4, 0.5) is 5.69 Å². The summed E-state index contributed by atoms with van der Waals surface area (Å²) < 4.78 is 8.07. The van der Waals surface area contributed by atoms with Crippen LogP contribution in [0.3, 0.4) is 0 Å². The Hall–Kier alpha value is -1.73. The van der Waals surface area contributed by atoms with Crippen LogP contribution in [-0.4, -0.2) is 27.9 Å². The van der Waals surface area contributed by atoms with Gasteiger partial charge in [0.15, 0.2) is 0 Å². The van der Waals surface area contributed by atoms with Crippen LogP contribution in [0.5, 0.6) is 0 Å². The van der Waals surface area contributed by atoms with Crippen LogP contribution >= 0.6 is 15.9 Å². The van der Waals surface area contributed by atoms with Crippen LogP contribution in [0.1, 0.15) is 19.4 Å². The lowest BCUT2D eigenvalue weighted by atomic mass is 9.97. The van der Waals surface area contributed by atoms with Crippen molar-refractivity contribution in [2.24, 2.45) is 5.92 Å². The average Bonchev–Trinajstić information content (AvgIpc) is 2.96. The van der Waals surface area contributed by atoms with Gasteiger partial charge in [-0.2, -0.15) is 5.10 Å². The minimum Gasteiger partial charge on any atom is -0.381 e. The first-order valence-corrected chi connectivity index (χ1v) is 7.93. The van der Waals surface area contributed by atoms with Crippen molar-refractivity contribution in [2.75, 3.05) is 13.2 Å². The topological polar surface area (TPSA) is 70.2 Å². The molecule has 2 heterocycles. The molecule has 0 saturated carbocycles. The maximum absolute atomic E-state index is 11.4. The molecule has 1 aromatic carbocycles. The number of benzene rings is 1. The van der Waals surface area contributed by atoms with Crippen LogP contribution in [0, 0.1) is 16.0 Å². The van der Waals surface area contributed by atoms with Crippen LogP contribution in [0.25, 0.3) is 11.3 Å². The molecule has 1 aliphatic heterocycles. The Morgan fingerprint density at radius 3 is 3.00 bits per heavy atom. The van der Waals surface area contributed by atoms with Gasteiger partial charge in [-0.15, -0.1) is 0 Å². The number of nitro groups is 1. The molecule has 22 heavy (non-hydrogen) atoms. The molecule has 7 heteroatoms. The molecule has 1 fully saturated rings. The van der Waals surface area contributed by atoms with Gasteiger partial charge in [-0.3, -0.25) is 14.8 Å². The van der Waals surface area contributed by atoms with E-state index in [1.807, 2.05) is 16.8 Å². The number of ether oxygens (including phenoxy) is 1. The first kappa shape index (κ1) is 15.2. The zero-order valence-electron chi connectivity index (χ0n) is 12.1. The maximum Gasteiger partial charge on any atom is 0.279 e. The number of nitro benzene ring substituents is 1. The van der Waals surface area contributed by atoms with Gasteiger partial charge in [-0.05, 0) is 24.6 Å². The summed E-state index contributed by atoms with van der Waals surface area (Å²) in [5, 5.41) is 15.8. The van der Waals surface area contributed by atoms with E-state index in [1.165, 1.54) is 6.07 Å². The van der Waals surface area contributed by atoms with E-state index in [-0.39, 0.29) is 16.7 Å². The van der Waals surface area contributed by atoms with Crippen molar-refractivity contribution >= 4 is 21.6 Å². The van der Waals surface area contributed by atoms with Gasteiger partial charge in [0.25, 0.3) is 5.69 Å². The Morgan fingerprint density at radius 2 is 2.27 bits per heavy atom. The number of aromatic nitrogens is 2. The highest BCUT2D eigenvalue weighted by molar-refractivity contribution is 9.10. The lowest BCUT2D eigenvalue weighted by Crippen LogP contribution is -2.29. The lowest BCUT2D eigenvalue weighted by molar-refractivity contribution is -0.384. The number of hydrogen-bond donors (Lipinski definition) is 0. The van der Waals surface area contributed by atoms with Gasteiger partial charge < -0.3 is 4.74 Å². The number of nitrogens with zero attached hydrogens (tertiary/aromatic N) is 3. The Labute approximate surface area is 136 Å². The Balaban J connectivity index is 2.07. The third-order valence-corrected chi connectivity index (χ3v) is 4.51. The summed E-state index contributed by atoms with van der Waals surface area (Å²) in [4.78, 5) is 11.0. The minimum atomic E-state index is -0.356. The van der Waals surface area contributed by atoms with Gasteiger partial charge in [-0.25, -0.2) is 0 Å². The Kier molecular flexibility index (Phi) is 4.26. The van der Waals surface area contributed by atoms with Crippen molar-refractivity contribution in [3.63, 3.8) is 0 Å². The first-order valence-electron chi connectivity index (χ1n) is 7.13. The number of rotatable bonds is 3. The van der Waals surface area contributed by atoms with Crippen molar-refractivity contribution in [3.05, 3.63) is 45.0 Å². The number of halogens is 1. The minimum absolute atomic E-state index is 0.0795. The second-order valence-corrected chi connectivity index (χ2v) is 6.40. The summed E-state index contributed by atoms with van der Waals surface area (Å²) >= 11 is 3.29. The fourth-order valence-electron chi connectivity index (χ4n) is 2.90. The van der Waals surface area contributed by atoms with Crippen molar-refractivity contribution < 1.29 is 9.66 Å². The lowest BCUT2D eigenvalue weighted by Gasteiger charge is -2.30. The van der Waals surface area contributed by atoms with Crippen molar-refractivity contribution in [2.45, 2.75) is 19.4 Å². The summed E-state index contributed by atoms with van der Waals surface area (Å²) in [5.74, 6) is 0.321. The smallest absolute Gasteiger partial charge is 0.279 e. The van der Waals surface area contributed by atoms with Crippen LogP contribution < -0.4 is 0 Å². The predicted molar refractivity (Wildman–Crippen MR) is 85.7 cm³/mol. The fourth-order valence-corrected chi connectivity index (χ4v) is 3.25. The summed E-state index contributed by atoms with van der Waals surface area (Å²) in [6, 6.07) is 7.13. The van der Waals surface area contributed by atoms with E-state index in [0.29, 0.717) is 29.2 Å². The predicted octanol–water partition coefficient (Wildman–Crippen LogP) is 3.82. The van der Waals surface area contributed by atoms with E-state index in [4.69, 9.17) is 4.74 Å². The summed E-state index contributed by atoms with van der Waals surface area (Å²) in [5.41, 5.74) is 1.44. The van der Waals surface area contributed by atoms with Crippen molar-refractivity contribution in [1.29, 1.82) is 0 Å². The third-order valence-electron chi connectivity index (χ3n) is 4.01. The molecule has 0 bridgehead atoms. The molecule has 116 valence electrons. The van der Waals surface area contributed by atoms with E-state index in [2.05, 4.69) is 28.0 Å².